The van der Waals surface area contributed by atoms with E-state index in [1.54, 1.807) is 17.0 Å². The number of para-hydroxylation sites is 1. The van der Waals surface area contributed by atoms with Gasteiger partial charge in [0, 0.05) is 5.56 Å². The van der Waals surface area contributed by atoms with Crippen LogP contribution in [-0.4, -0.2) is 38.7 Å². The van der Waals surface area contributed by atoms with Crippen LogP contribution in [0.4, 0.5) is 5.69 Å². The summed E-state index contributed by atoms with van der Waals surface area (Å²) < 4.78 is 0.141. The third-order valence-corrected chi connectivity index (χ3v) is 6.20. The highest BCUT2D eigenvalue weighted by Crippen LogP contribution is 2.44. The fourth-order valence-electron chi connectivity index (χ4n) is 3.35. The molecule has 0 unspecified atom stereocenters. The third-order valence-electron chi connectivity index (χ3n) is 4.75. The predicted molar refractivity (Wildman–Crippen MR) is 115 cm³/mol. The van der Waals surface area contributed by atoms with E-state index in [4.69, 9.17) is 17.3 Å². The normalized spacial score (nSPS) is 18.6. The molecular weight excluding hydrogens is 408 g/mol. The van der Waals surface area contributed by atoms with Gasteiger partial charge in [-0.2, -0.15) is 0 Å². The Morgan fingerprint density at radius 1 is 1.03 bits per heavy atom. The fraction of sp³-hybridized carbons (Fsp3) is 0.143. The molecule has 0 bridgehead atoms. The standard InChI is InChI=1S/C21H16N2O4S2/c1-12-6-8-13(9-7-12)10-22-15-5-3-2-4-14(15)17(19(22)26)18-20(27)23(11-16(24)25)21(28)29-18/h2-9H,10-11H2,1H3,(H,24,25)/b18-17+. The van der Waals surface area contributed by atoms with Crippen LogP contribution in [0.3, 0.4) is 0 Å². The summed E-state index contributed by atoms with van der Waals surface area (Å²) in [6.45, 7) is 1.84. The topological polar surface area (TPSA) is 77.9 Å². The lowest BCUT2D eigenvalue weighted by atomic mass is 10.1. The number of thioether (sulfide) groups is 1. The number of anilines is 1. The molecule has 8 heteroatoms. The number of fused-ring (bicyclic) bond motifs is 1. The van der Waals surface area contributed by atoms with Gasteiger partial charge in [-0.05, 0) is 18.6 Å². The number of nitrogens with zero attached hydrogens (tertiary/aromatic N) is 2. The van der Waals surface area contributed by atoms with Crippen molar-refractivity contribution in [3.05, 3.63) is 70.1 Å². The van der Waals surface area contributed by atoms with Gasteiger partial charge >= 0.3 is 5.97 Å². The second kappa shape index (κ2) is 7.46. The minimum atomic E-state index is -1.16. The summed E-state index contributed by atoms with van der Waals surface area (Å²) in [7, 11) is 0. The monoisotopic (exact) mass is 424 g/mol. The number of benzene rings is 2. The summed E-state index contributed by atoms with van der Waals surface area (Å²) in [5.74, 6) is -1.99. The van der Waals surface area contributed by atoms with Crippen LogP contribution in [0.1, 0.15) is 16.7 Å². The number of carboxylic acids is 1. The van der Waals surface area contributed by atoms with Crippen molar-refractivity contribution in [3.8, 4) is 0 Å². The molecule has 0 aliphatic carbocycles. The highest BCUT2D eigenvalue weighted by molar-refractivity contribution is 8.26. The van der Waals surface area contributed by atoms with Crippen LogP contribution >= 0.6 is 24.0 Å². The Balaban J connectivity index is 1.76. The summed E-state index contributed by atoms with van der Waals surface area (Å²) in [5, 5.41) is 9.04. The van der Waals surface area contributed by atoms with Gasteiger partial charge in [0.1, 0.15) is 10.9 Å². The van der Waals surface area contributed by atoms with E-state index in [1.165, 1.54) is 0 Å². The molecule has 0 atom stereocenters. The molecule has 0 aromatic heterocycles. The van der Waals surface area contributed by atoms with Crippen molar-refractivity contribution in [1.82, 2.24) is 4.90 Å². The summed E-state index contributed by atoms with van der Waals surface area (Å²) in [5.41, 5.74) is 3.75. The number of carbonyl (C=O) groups is 3. The van der Waals surface area contributed by atoms with Gasteiger partial charge in [-0.3, -0.25) is 19.3 Å². The van der Waals surface area contributed by atoms with E-state index in [0.717, 1.165) is 33.5 Å². The molecule has 29 heavy (non-hydrogen) atoms. The van der Waals surface area contributed by atoms with E-state index in [-0.39, 0.29) is 20.7 Å². The van der Waals surface area contributed by atoms with E-state index in [1.807, 2.05) is 43.3 Å². The average molecular weight is 425 g/mol. The van der Waals surface area contributed by atoms with E-state index in [2.05, 4.69) is 0 Å². The first kappa shape index (κ1) is 19.4. The molecule has 4 rings (SSSR count). The van der Waals surface area contributed by atoms with Gasteiger partial charge in [0.2, 0.25) is 0 Å². The van der Waals surface area contributed by atoms with Crippen LogP contribution in [-0.2, 0) is 20.9 Å². The van der Waals surface area contributed by atoms with E-state index in [0.29, 0.717) is 12.1 Å². The number of aliphatic carboxylic acids is 1. The molecule has 2 aromatic rings. The Morgan fingerprint density at radius 2 is 1.72 bits per heavy atom. The summed E-state index contributed by atoms with van der Waals surface area (Å²) >= 11 is 6.15. The molecule has 2 aromatic carbocycles. The van der Waals surface area contributed by atoms with Crippen molar-refractivity contribution >= 4 is 57.3 Å². The van der Waals surface area contributed by atoms with Gasteiger partial charge < -0.3 is 10.0 Å². The Bertz CT molecular complexity index is 1090. The van der Waals surface area contributed by atoms with Crippen molar-refractivity contribution in [3.63, 3.8) is 0 Å². The Kier molecular flexibility index (Phi) is 4.97. The van der Waals surface area contributed by atoms with E-state index < -0.39 is 18.4 Å². The molecule has 2 aliphatic rings. The quantitative estimate of drug-likeness (QED) is 0.600. The first-order valence-corrected chi connectivity index (χ1v) is 10.1. The minimum Gasteiger partial charge on any atom is -0.480 e. The minimum absolute atomic E-state index is 0.141. The van der Waals surface area contributed by atoms with E-state index in [9.17, 15) is 14.4 Å². The highest BCUT2D eigenvalue weighted by atomic mass is 32.2. The van der Waals surface area contributed by atoms with Crippen LogP contribution < -0.4 is 4.90 Å². The first-order chi connectivity index (χ1) is 13.9. The second-order valence-corrected chi connectivity index (χ2v) is 8.40. The lowest BCUT2D eigenvalue weighted by molar-refractivity contribution is -0.140. The number of thiocarbonyl (C=S) groups is 1. The SMILES string of the molecule is Cc1ccc(CN2C(=O)/C(=C3/SC(=S)N(CC(=O)O)C3=O)c3ccccc32)cc1. The maximum absolute atomic E-state index is 13.3. The first-order valence-electron chi connectivity index (χ1n) is 8.83. The second-order valence-electron chi connectivity index (χ2n) is 6.75. The van der Waals surface area contributed by atoms with Crippen LogP contribution in [0.15, 0.2) is 53.4 Å². The van der Waals surface area contributed by atoms with Crippen molar-refractivity contribution < 1.29 is 19.5 Å². The summed E-state index contributed by atoms with van der Waals surface area (Å²) in [6.07, 6.45) is 0. The molecule has 0 spiro atoms. The average Bonchev–Trinajstić information content (AvgIpc) is 3.11. The van der Waals surface area contributed by atoms with Crippen molar-refractivity contribution in [2.24, 2.45) is 0 Å². The largest absolute Gasteiger partial charge is 0.480 e. The Morgan fingerprint density at radius 3 is 2.41 bits per heavy atom. The Hall–Kier alpha value is -2.97. The zero-order valence-electron chi connectivity index (χ0n) is 15.4. The van der Waals surface area contributed by atoms with E-state index >= 15 is 0 Å². The van der Waals surface area contributed by atoms with Gasteiger partial charge in [-0.15, -0.1) is 0 Å². The summed E-state index contributed by atoms with van der Waals surface area (Å²) in [6, 6.07) is 15.2. The number of hydrogen-bond acceptors (Lipinski definition) is 5. The zero-order chi connectivity index (χ0) is 20.7. The fourth-order valence-corrected chi connectivity index (χ4v) is 4.68. The molecule has 1 N–H and O–H groups in total. The molecule has 1 fully saturated rings. The smallest absolute Gasteiger partial charge is 0.323 e. The lowest BCUT2D eigenvalue weighted by Gasteiger charge is -2.17. The van der Waals surface area contributed by atoms with Gasteiger partial charge in [-0.25, -0.2) is 0 Å². The predicted octanol–water partition coefficient (Wildman–Crippen LogP) is 3.20. The molecule has 146 valence electrons. The van der Waals surface area contributed by atoms with Gasteiger partial charge in [0.25, 0.3) is 11.8 Å². The number of rotatable bonds is 4. The molecule has 0 radical (unpaired) electrons. The maximum Gasteiger partial charge on any atom is 0.323 e. The van der Waals surface area contributed by atoms with Gasteiger partial charge in [0.15, 0.2) is 0 Å². The number of amides is 2. The Labute approximate surface area is 176 Å². The van der Waals surface area contributed by atoms with Crippen LogP contribution in [0.5, 0.6) is 0 Å². The third kappa shape index (κ3) is 3.45. The van der Waals surface area contributed by atoms with Crippen LogP contribution in [0, 0.1) is 6.92 Å². The zero-order valence-corrected chi connectivity index (χ0v) is 17.0. The van der Waals surface area contributed by atoms with Crippen molar-refractivity contribution in [2.75, 3.05) is 11.4 Å². The van der Waals surface area contributed by atoms with Gasteiger partial charge in [-0.1, -0.05) is 72.0 Å². The molecular formula is C21H16N2O4S2. The molecule has 2 aliphatic heterocycles. The molecule has 2 amide bonds. The number of aryl methyl sites for hydroxylation is 1. The summed E-state index contributed by atoms with van der Waals surface area (Å²) in [4.78, 5) is 40.0. The van der Waals surface area contributed by atoms with Crippen molar-refractivity contribution in [2.45, 2.75) is 13.5 Å². The molecule has 1 saturated heterocycles. The maximum atomic E-state index is 13.3. The number of carbonyl (C=O) groups excluding carboxylic acids is 2. The highest BCUT2D eigenvalue weighted by Gasteiger charge is 2.42. The molecule has 0 saturated carbocycles. The van der Waals surface area contributed by atoms with Crippen molar-refractivity contribution in [1.29, 1.82) is 0 Å². The van der Waals surface area contributed by atoms with Gasteiger partial charge in [0.05, 0.1) is 22.7 Å². The van der Waals surface area contributed by atoms with Crippen LogP contribution in [0.25, 0.3) is 5.57 Å². The molecule has 2 heterocycles. The number of hydrogen-bond donors (Lipinski definition) is 1. The molecule has 6 nitrogen and oxygen atoms in total. The number of carboxylic acid groups (broad SMARTS) is 1. The van der Waals surface area contributed by atoms with Crippen LogP contribution in [0.2, 0.25) is 0 Å². The lowest BCUT2D eigenvalue weighted by Crippen LogP contribution is -2.33.